The van der Waals surface area contributed by atoms with E-state index in [-0.39, 0.29) is 12.5 Å². The number of aliphatic hydroxyl groups excluding tert-OH is 5. The van der Waals surface area contributed by atoms with E-state index in [1.807, 2.05) is 0 Å². The van der Waals surface area contributed by atoms with Crippen LogP contribution in [0.2, 0.25) is 0 Å². The van der Waals surface area contributed by atoms with Gasteiger partial charge in [0, 0.05) is 6.42 Å². The first kappa shape index (κ1) is 68.6. The Hall–Kier alpha value is -2.37. The van der Waals surface area contributed by atoms with Crippen molar-refractivity contribution in [2.75, 3.05) is 13.2 Å². The van der Waals surface area contributed by atoms with E-state index in [0.29, 0.717) is 12.8 Å². The molecule has 9 nitrogen and oxygen atoms in total. The lowest BCUT2D eigenvalue weighted by molar-refractivity contribution is -0.302. The highest BCUT2D eigenvalue weighted by molar-refractivity contribution is 5.76. The first-order valence-electron chi connectivity index (χ1n) is 30.6. The van der Waals surface area contributed by atoms with E-state index in [0.717, 1.165) is 77.0 Å². The zero-order valence-corrected chi connectivity index (χ0v) is 47.1. The number of ether oxygens (including phenoxy) is 2. The van der Waals surface area contributed by atoms with Crippen molar-refractivity contribution in [1.82, 2.24) is 5.32 Å². The summed E-state index contributed by atoms with van der Waals surface area (Å²) in [5, 5.41) is 54.5. The van der Waals surface area contributed by atoms with Gasteiger partial charge in [-0.25, -0.2) is 0 Å². The van der Waals surface area contributed by atoms with Crippen molar-refractivity contribution in [2.24, 2.45) is 0 Å². The summed E-state index contributed by atoms with van der Waals surface area (Å²) in [6.45, 7) is 3.72. The number of hydrogen-bond acceptors (Lipinski definition) is 8. The molecule has 0 aromatic rings. The summed E-state index contributed by atoms with van der Waals surface area (Å²) in [5.41, 5.74) is 0. The number of carbonyl (C=O) groups is 1. The second-order valence-electron chi connectivity index (χ2n) is 21.1. The number of rotatable bonds is 52. The highest BCUT2D eigenvalue weighted by Crippen LogP contribution is 2.23. The molecular weight excluding hydrogens is 911 g/mol. The lowest BCUT2D eigenvalue weighted by Crippen LogP contribution is -2.60. The molecule has 0 bridgehead atoms. The Bertz CT molecular complexity index is 1380. The topological polar surface area (TPSA) is 149 Å². The number of unbranched alkanes of at least 4 members (excludes halogenated alkanes) is 30. The summed E-state index contributed by atoms with van der Waals surface area (Å²) in [4.78, 5) is 13.0. The maximum atomic E-state index is 13.0. The van der Waals surface area contributed by atoms with Crippen LogP contribution in [0.15, 0.2) is 72.9 Å². The Balaban J connectivity index is 2.03. The molecule has 0 spiro atoms. The fraction of sp³-hybridized carbons (Fsp3) is 0.797. The average molecular weight is 1030 g/mol. The summed E-state index contributed by atoms with van der Waals surface area (Å²) >= 11 is 0. The first-order chi connectivity index (χ1) is 35.8. The molecule has 0 saturated carbocycles. The van der Waals surface area contributed by atoms with Gasteiger partial charge in [-0.1, -0.05) is 273 Å². The highest BCUT2D eigenvalue weighted by Gasteiger charge is 2.44. The van der Waals surface area contributed by atoms with E-state index in [1.54, 1.807) is 0 Å². The minimum absolute atomic E-state index is 0.137. The van der Waals surface area contributed by atoms with Crippen LogP contribution in [-0.4, -0.2) is 87.5 Å². The van der Waals surface area contributed by atoms with Gasteiger partial charge < -0.3 is 40.3 Å². The Morgan fingerprint density at radius 3 is 1.26 bits per heavy atom. The van der Waals surface area contributed by atoms with Gasteiger partial charge in [0.1, 0.15) is 24.4 Å². The fourth-order valence-corrected chi connectivity index (χ4v) is 9.52. The third-order valence-corrected chi connectivity index (χ3v) is 14.3. The molecule has 1 fully saturated rings. The van der Waals surface area contributed by atoms with Gasteiger partial charge in [0.25, 0.3) is 0 Å². The molecule has 0 radical (unpaired) electrons. The highest BCUT2D eigenvalue weighted by atomic mass is 16.7. The summed E-state index contributed by atoms with van der Waals surface area (Å²) in [5.74, 6) is -0.143. The SMILES string of the molecule is CC/C=C\C/C=C\C/C=C\C/C=C\C/C=C\C/C=C\CCCCCCCCCCCCCCCCCCCCCCC(=O)NC(COC1OC(CO)C(O)C(O)C1O)C(O)CCCCCCCCCCCCC. The summed E-state index contributed by atoms with van der Waals surface area (Å²) in [7, 11) is 0. The van der Waals surface area contributed by atoms with Gasteiger partial charge in [-0.2, -0.15) is 0 Å². The number of amides is 1. The number of allylic oxidation sites excluding steroid dienone is 12. The monoisotopic (exact) mass is 1030 g/mol. The molecule has 424 valence electrons. The Kier molecular flexibility index (Phi) is 49.9. The largest absolute Gasteiger partial charge is 0.394 e. The van der Waals surface area contributed by atoms with Crippen molar-refractivity contribution in [2.45, 2.75) is 314 Å². The van der Waals surface area contributed by atoms with Crippen LogP contribution >= 0.6 is 0 Å². The standard InChI is InChI=1S/C64H115NO8/c1-3-5-7-9-11-13-15-16-17-18-19-20-21-22-23-24-25-26-27-28-29-30-31-32-33-34-35-36-37-38-39-40-41-42-44-46-48-50-52-54-60(68)65-57(56-72-64-63(71)62(70)61(69)59(55-66)73-64)58(67)53-51-49-47-45-43-14-12-10-8-6-4-2/h5,7,11,13,16-17,19-20,22-23,25-26,57-59,61-64,66-67,69-71H,3-4,6,8-10,12,14-15,18,21,24,27-56H2,1-2H3,(H,65,68)/b7-5-,13-11-,17-16-,20-19-,23-22-,26-25-. The summed E-state index contributed by atoms with van der Waals surface area (Å²) in [6, 6.07) is -0.718. The zero-order chi connectivity index (χ0) is 52.9. The van der Waals surface area contributed by atoms with Crippen molar-refractivity contribution < 1.29 is 39.8 Å². The number of aliphatic hydroxyl groups is 5. The van der Waals surface area contributed by atoms with Crippen molar-refractivity contribution in [3.63, 3.8) is 0 Å². The van der Waals surface area contributed by atoms with Crippen LogP contribution in [-0.2, 0) is 14.3 Å². The van der Waals surface area contributed by atoms with Crippen LogP contribution in [0.25, 0.3) is 0 Å². The van der Waals surface area contributed by atoms with E-state index < -0.39 is 49.5 Å². The number of hydrogen-bond donors (Lipinski definition) is 6. The van der Waals surface area contributed by atoms with Gasteiger partial charge in [0.15, 0.2) is 6.29 Å². The van der Waals surface area contributed by atoms with Gasteiger partial charge in [-0.15, -0.1) is 0 Å². The maximum Gasteiger partial charge on any atom is 0.220 e. The molecule has 9 heteroatoms. The van der Waals surface area contributed by atoms with Crippen LogP contribution in [0, 0.1) is 0 Å². The second-order valence-corrected chi connectivity index (χ2v) is 21.1. The van der Waals surface area contributed by atoms with E-state index in [9.17, 15) is 30.3 Å². The average Bonchev–Trinajstić information content (AvgIpc) is 3.39. The van der Waals surface area contributed by atoms with Crippen LogP contribution < -0.4 is 5.32 Å². The molecule has 1 rings (SSSR count). The van der Waals surface area contributed by atoms with Gasteiger partial charge >= 0.3 is 0 Å². The summed E-state index contributed by atoms with van der Waals surface area (Å²) < 4.78 is 11.3. The molecule has 1 aliphatic rings. The third-order valence-electron chi connectivity index (χ3n) is 14.3. The molecule has 7 unspecified atom stereocenters. The maximum absolute atomic E-state index is 13.0. The molecule has 0 aliphatic carbocycles. The van der Waals surface area contributed by atoms with Gasteiger partial charge in [-0.3, -0.25) is 4.79 Å². The van der Waals surface area contributed by atoms with Crippen molar-refractivity contribution in [3.05, 3.63) is 72.9 Å². The predicted octanol–water partition coefficient (Wildman–Crippen LogP) is 15.6. The molecule has 0 aromatic carbocycles. The first-order valence-corrected chi connectivity index (χ1v) is 30.6. The molecular formula is C64H115NO8. The lowest BCUT2D eigenvalue weighted by Gasteiger charge is -2.40. The van der Waals surface area contributed by atoms with Crippen molar-refractivity contribution >= 4 is 5.91 Å². The quantitative estimate of drug-likeness (QED) is 0.0261. The molecule has 1 saturated heterocycles. The zero-order valence-electron chi connectivity index (χ0n) is 47.1. The van der Waals surface area contributed by atoms with Gasteiger partial charge in [-0.05, 0) is 64.2 Å². The number of carbonyl (C=O) groups excluding carboxylic acids is 1. The molecule has 0 aromatic heterocycles. The fourth-order valence-electron chi connectivity index (χ4n) is 9.52. The Labute approximate surface area is 448 Å². The molecule has 73 heavy (non-hydrogen) atoms. The van der Waals surface area contributed by atoms with Gasteiger partial charge in [0.05, 0.1) is 25.4 Å². The van der Waals surface area contributed by atoms with Gasteiger partial charge in [0.2, 0.25) is 5.91 Å². The van der Waals surface area contributed by atoms with E-state index in [1.165, 1.54) is 167 Å². The smallest absolute Gasteiger partial charge is 0.220 e. The molecule has 7 atom stereocenters. The summed E-state index contributed by atoms with van der Waals surface area (Å²) in [6.07, 6.45) is 66.8. The lowest BCUT2D eigenvalue weighted by atomic mass is 9.99. The molecule has 1 heterocycles. The second kappa shape index (κ2) is 53.0. The Morgan fingerprint density at radius 1 is 0.479 bits per heavy atom. The Morgan fingerprint density at radius 2 is 0.849 bits per heavy atom. The van der Waals surface area contributed by atoms with Crippen LogP contribution in [0.5, 0.6) is 0 Å². The number of nitrogens with one attached hydrogen (secondary N) is 1. The molecule has 6 N–H and O–H groups in total. The molecule has 1 aliphatic heterocycles. The van der Waals surface area contributed by atoms with Crippen LogP contribution in [0.4, 0.5) is 0 Å². The van der Waals surface area contributed by atoms with Crippen LogP contribution in [0.3, 0.4) is 0 Å². The van der Waals surface area contributed by atoms with Crippen LogP contribution in [0.1, 0.15) is 271 Å². The minimum atomic E-state index is -1.55. The predicted molar refractivity (Wildman–Crippen MR) is 309 cm³/mol. The third kappa shape index (κ3) is 42.4. The van der Waals surface area contributed by atoms with E-state index >= 15 is 0 Å². The van der Waals surface area contributed by atoms with Crippen molar-refractivity contribution in [3.8, 4) is 0 Å². The van der Waals surface area contributed by atoms with Crippen molar-refractivity contribution in [1.29, 1.82) is 0 Å². The normalized spacial score (nSPS) is 19.6. The minimum Gasteiger partial charge on any atom is -0.394 e. The molecule has 1 amide bonds. The van der Waals surface area contributed by atoms with E-state index in [2.05, 4.69) is 92.1 Å². The van der Waals surface area contributed by atoms with E-state index in [4.69, 9.17) is 9.47 Å².